The summed E-state index contributed by atoms with van der Waals surface area (Å²) in [7, 11) is -3.96. The van der Waals surface area contributed by atoms with Gasteiger partial charge in [0.25, 0.3) is 0 Å². The summed E-state index contributed by atoms with van der Waals surface area (Å²) in [4.78, 5) is 5.76. The number of imidazole rings is 1. The number of halogens is 5. The van der Waals surface area contributed by atoms with Gasteiger partial charge in [0, 0.05) is 37.0 Å². The molecule has 1 aromatic heterocycles. The molecule has 2 aliphatic heterocycles. The Morgan fingerprint density at radius 1 is 1.25 bits per heavy atom. The van der Waals surface area contributed by atoms with Crippen LogP contribution in [0.15, 0.2) is 23.4 Å². The molecule has 0 amide bonds. The van der Waals surface area contributed by atoms with E-state index in [-0.39, 0.29) is 42.7 Å². The number of alkyl halides is 3. The zero-order chi connectivity index (χ0) is 23.4. The van der Waals surface area contributed by atoms with Crippen molar-refractivity contribution in [1.82, 2.24) is 14.5 Å². The third-order valence-corrected chi connectivity index (χ3v) is 6.65. The van der Waals surface area contributed by atoms with Crippen LogP contribution in [0.2, 0.25) is 0 Å². The lowest BCUT2D eigenvalue weighted by atomic mass is 9.93. The molecule has 4 rings (SSSR count). The van der Waals surface area contributed by atoms with Gasteiger partial charge in [-0.1, -0.05) is 0 Å². The first-order valence-electron chi connectivity index (χ1n) is 9.75. The average Bonchev–Trinajstić information content (AvgIpc) is 3.22. The lowest BCUT2D eigenvalue weighted by Gasteiger charge is -2.38. The predicted molar refractivity (Wildman–Crippen MR) is 102 cm³/mol. The minimum atomic E-state index is -4.63. The zero-order valence-corrected chi connectivity index (χ0v) is 17.8. The minimum absolute atomic E-state index is 0.0109. The normalized spacial score (nSPS) is 24.7. The number of aromatic nitrogens is 2. The highest BCUT2D eigenvalue weighted by atomic mass is 32.2. The van der Waals surface area contributed by atoms with Crippen molar-refractivity contribution >= 4 is 9.84 Å². The Labute approximate surface area is 180 Å². The Morgan fingerprint density at radius 2 is 1.97 bits per heavy atom. The van der Waals surface area contributed by atoms with Crippen LogP contribution in [0.1, 0.15) is 29.5 Å². The molecule has 0 unspecified atom stereocenters. The van der Waals surface area contributed by atoms with Gasteiger partial charge in [0.05, 0.1) is 18.0 Å². The maximum atomic E-state index is 14.1. The van der Waals surface area contributed by atoms with Gasteiger partial charge in [0.2, 0.25) is 15.0 Å². The summed E-state index contributed by atoms with van der Waals surface area (Å²) < 4.78 is 97.2. The van der Waals surface area contributed by atoms with Crippen molar-refractivity contribution in [3.8, 4) is 0 Å². The Balaban J connectivity index is 1.52. The molecule has 2 aliphatic rings. The molecule has 7 nitrogen and oxygen atoms in total. The van der Waals surface area contributed by atoms with Crippen LogP contribution in [0.3, 0.4) is 0 Å². The van der Waals surface area contributed by atoms with Crippen LogP contribution in [0.25, 0.3) is 0 Å². The molecule has 0 radical (unpaired) electrons. The van der Waals surface area contributed by atoms with E-state index in [9.17, 15) is 30.4 Å². The Hall–Kier alpha value is -2.09. The van der Waals surface area contributed by atoms with E-state index < -0.39 is 51.5 Å². The second-order valence-electron chi connectivity index (χ2n) is 8.14. The maximum Gasteiger partial charge on any atom is 0.406 e. The van der Waals surface area contributed by atoms with Gasteiger partial charge in [0.15, 0.2) is 0 Å². The van der Waals surface area contributed by atoms with E-state index in [2.05, 4.69) is 4.98 Å². The summed E-state index contributed by atoms with van der Waals surface area (Å²) >= 11 is 0. The summed E-state index contributed by atoms with van der Waals surface area (Å²) in [5.41, 5.74) is 6.61. The van der Waals surface area contributed by atoms with E-state index in [1.54, 1.807) is 4.90 Å². The molecule has 176 valence electrons. The van der Waals surface area contributed by atoms with Crippen molar-refractivity contribution in [2.24, 2.45) is 5.73 Å². The molecule has 32 heavy (non-hydrogen) atoms. The molecule has 1 aromatic carbocycles. The second kappa shape index (κ2) is 8.04. The number of benzene rings is 1. The van der Waals surface area contributed by atoms with Crippen LogP contribution >= 0.6 is 0 Å². The smallest absolute Gasteiger partial charge is 0.370 e. The number of hydrogen-bond acceptors (Lipinski definition) is 6. The number of nitrogens with zero attached hydrogens (tertiary/aromatic N) is 3. The van der Waals surface area contributed by atoms with Crippen molar-refractivity contribution in [3.05, 3.63) is 46.8 Å². The van der Waals surface area contributed by atoms with Gasteiger partial charge in [-0.15, -0.1) is 0 Å². The number of sulfone groups is 1. The van der Waals surface area contributed by atoms with E-state index in [1.165, 1.54) is 0 Å². The molecule has 1 saturated heterocycles. The number of ether oxygens (including phenoxy) is 1. The van der Waals surface area contributed by atoms with Crippen LogP contribution in [-0.2, 0) is 34.2 Å². The Bertz CT molecular complexity index is 1130. The molecule has 0 aliphatic carbocycles. The Morgan fingerprint density at radius 3 is 2.59 bits per heavy atom. The van der Waals surface area contributed by atoms with Crippen LogP contribution in [0, 0.1) is 11.6 Å². The SMILES string of the molecule is CS(=O)(=O)c1nc2c(n1CC(F)(F)F)CN([C@H]1CO[C@H](c3cc(F)ccc3F)[C@@H](N)C1)C2. The summed E-state index contributed by atoms with van der Waals surface area (Å²) in [5.74, 6) is -1.26. The van der Waals surface area contributed by atoms with Gasteiger partial charge in [0.1, 0.15) is 24.3 Å². The number of nitrogens with two attached hydrogens (primary N) is 1. The zero-order valence-electron chi connectivity index (χ0n) is 16.9. The molecule has 0 saturated carbocycles. The number of fused-ring (bicyclic) bond motifs is 1. The lowest BCUT2D eigenvalue weighted by Crippen LogP contribution is -2.48. The van der Waals surface area contributed by atoms with Crippen LogP contribution in [0.4, 0.5) is 22.0 Å². The minimum Gasteiger partial charge on any atom is -0.370 e. The van der Waals surface area contributed by atoms with Gasteiger partial charge in [-0.3, -0.25) is 4.90 Å². The molecule has 13 heteroatoms. The van der Waals surface area contributed by atoms with E-state index >= 15 is 0 Å². The van der Waals surface area contributed by atoms with Crippen LogP contribution < -0.4 is 5.73 Å². The first-order chi connectivity index (χ1) is 14.8. The predicted octanol–water partition coefficient (Wildman–Crippen LogP) is 2.30. The lowest BCUT2D eigenvalue weighted by molar-refractivity contribution is -0.142. The molecule has 2 N–H and O–H groups in total. The first-order valence-corrected chi connectivity index (χ1v) is 11.6. The average molecular weight is 480 g/mol. The van der Waals surface area contributed by atoms with Crippen LogP contribution in [-0.4, -0.2) is 54.0 Å². The van der Waals surface area contributed by atoms with Crippen molar-refractivity contribution in [1.29, 1.82) is 0 Å². The summed E-state index contributed by atoms with van der Waals surface area (Å²) in [6.07, 6.45) is -4.35. The van der Waals surface area contributed by atoms with Gasteiger partial charge in [-0.05, 0) is 24.6 Å². The molecular weight excluding hydrogens is 459 g/mol. The van der Waals surface area contributed by atoms with Gasteiger partial charge >= 0.3 is 6.18 Å². The Kier molecular flexibility index (Phi) is 5.80. The monoisotopic (exact) mass is 480 g/mol. The first kappa shape index (κ1) is 23.1. The van der Waals surface area contributed by atoms with E-state index in [1.807, 2.05) is 0 Å². The quantitative estimate of drug-likeness (QED) is 0.676. The molecule has 2 aromatic rings. The molecule has 1 fully saturated rings. The van der Waals surface area contributed by atoms with Gasteiger partial charge in [-0.2, -0.15) is 13.2 Å². The van der Waals surface area contributed by atoms with E-state index in [0.717, 1.165) is 24.5 Å². The number of rotatable bonds is 4. The topological polar surface area (TPSA) is 90.5 Å². The summed E-state index contributed by atoms with van der Waals surface area (Å²) in [6.45, 7) is -1.21. The fraction of sp³-hybridized carbons (Fsp3) is 0.526. The van der Waals surface area contributed by atoms with Crippen molar-refractivity contribution in [2.45, 2.75) is 55.6 Å². The summed E-state index contributed by atoms with van der Waals surface area (Å²) in [5, 5.41) is -0.613. The maximum absolute atomic E-state index is 14.1. The highest BCUT2D eigenvalue weighted by Crippen LogP contribution is 2.35. The van der Waals surface area contributed by atoms with Crippen molar-refractivity contribution in [3.63, 3.8) is 0 Å². The summed E-state index contributed by atoms with van der Waals surface area (Å²) in [6, 6.07) is 2.03. The molecule has 0 bridgehead atoms. The fourth-order valence-corrected chi connectivity index (χ4v) is 5.14. The molecular formula is C19H21F5N4O3S. The van der Waals surface area contributed by atoms with E-state index in [4.69, 9.17) is 10.5 Å². The highest BCUT2D eigenvalue weighted by Gasteiger charge is 2.40. The largest absolute Gasteiger partial charge is 0.406 e. The highest BCUT2D eigenvalue weighted by molar-refractivity contribution is 7.90. The fourth-order valence-electron chi connectivity index (χ4n) is 4.29. The van der Waals surface area contributed by atoms with Crippen molar-refractivity contribution < 1.29 is 35.1 Å². The molecule has 0 spiro atoms. The van der Waals surface area contributed by atoms with Crippen LogP contribution in [0.5, 0.6) is 0 Å². The number of hydrogen-bond donors (Lipinski definition) is 1. The van der Waals surface area contributed by atoms with Crippen molar-refractivity contribution in [2.75, 3.05) is 12.9 Å². The molecule has 3 atom stereocenters. The standard InChI is InChI=1S/C19H21F5N4O3S/c1-32(29,30)18-26-15-6-27(7-16(15)28(18)9-19(22,23)24)11-5-14(25)17(31-8-11)12-4-10(20)2-3-13(12)21/h2-4,11,14,17H,5-9,25H2,1H3/t11-,14+,17-/m1/s1. The third kappa shape index (κ3) is 4.51. The van der Waals surface area contributed by atoms with E-state index in [0.29, 0.717) is 11.0 Å². The second-order valence-corrected chi connectivity index (χ2v) is 10.0. The third-order valence-electron chi connectivity index (χ3n) is 5.68. The van der Waals surface area contributed by atoms with Gasteiger partial charge < -0.3 is 15.0 Å². The van der Waals surface area contributed by atoms with Gasteiger partial charge in [-0.25, -0.2) is 22.2 Å². The molecule has 3 heterocycles.